The highest BCUT2D eigenvalue weighted by Crippen LogP contribution is 2.04. The van der Waals surface area contributed by atoms with Crippen molar-refractivity contribution >= 4 is 18.0 Å². The Morgan fingerprint density at radius 1 is 1.04 bits per heavy atom. The van der Waals surface area contributed by atoms with E-state index in [1.165, 1.54) is 28.2 Å². The molecular formula is C17H28N2O5. The molecule has 1 atom stereocenters. The first-order chi connectivity index (χ1) is 11.4. The first-order valence-electron chi connectivity index (χ1n) is 7.59. The summed E-state index contributed by atoms with van der Waals surface area (Å²) < 4.78 is 8.78. The molecule has 0 radical (unpaired) electrons. The van der Waals surface area contributed by atoms with Crippen LogP contribution in [0.2, 0.25) is 0 Å². The zero-order valence-electron chi connectivity index (χ0n) is 15.2. The molecule has 0 aliphatic heterocycles. The maximum Gasteiger partial charge on any atom is 0.406 e. The van der Waals surface area contributed by atoms with Gasteiger partial charge < -0.3 is 20.1 Å². The second-order valence-electron chi connectivity index (χ2n) is 4.21. The Morgan fingerprint density at radius 2 is 1.58 bits per heavy atom. The Kier molecular flexibility index (Phi) is 15.1. The average molecular weight is 340 g/mol. The molecule has 24 heavy (non-hydrogen) atoms. The molecule has 0 bridgehead atoms. The van der Waals surface area contributed by atoms with Gasteiger partial charge in [0.25, 0.3) is 0 Å². The molecule has 2 amide bonds. The highest BCUT2D eigenvalue weighted by Gasteiger charge is 2.20. The quantitative estimate of drug-likeness (QED) is 0.817. The third-order valence-electron chi connectivity index (χ3n) is 2.54. The van der Waals surface area contributed by atoms with Crippen molar-refractivity contribution in [1.82, 2.24) is 10.6 Å². The Labute approximate surface area is 143 Å². The lowest BCUT2D eigenvalue weighted by molar-refractivity contribution is -0.144. The van der Waals surface area contributed by atoms with Gasteiger partial charge in [0.15, 0.2) is 0 Å². The lowest BCUT2D eigenvalue weighted by atomic mass is 10.1. The SMILES string of the molecule is CC.CNC(=O)OC.COC(=O)C(Cc1ccccc1)NC(C)=O. The standard InChI is InChI=1S/C12H15NO3.C3H7NO2.C2H6/c1-9(14)13-11(12(15)16-2)8-10-6-4-3-5-7-10;1-4-3(5)6-2;1-2/h3-7,11H,8H2,1-2H3,(H,13,14);1-2H3,(H,4,5);1-2H3. The summed E-state index contributed by atoms with van der Waals surface area (Å²) in [6, 6.07) is 8.85. The number of rotatable bonds is 4. The summed E-state index contributed by atoms with van der Waals surface area (Å²) in [5, 5.41) is 4.82. The Bertz CT molecular complexity index is 471. The Balaban J connectivity index is 0. The van der Waals surface area contributed by atoms with Gasteiger partial charge in [-0.2, -0.15) is 0 Å². The van der Waals surface area contributed by atoms with Crippen LogP contribution in [0.5, 0.6) is 0 Å². The molecule has 0 aliphatic carbocycles. The van der Waals surface area contributed by atoms with E-state index in [1.807, 2.05) is 44.2 Å². The van der Waals surface area contributed by atoms with E-state index in [-0.39, 0.29) is 5.91 Å². The van der Waals surface area contributed by atoms with Gasteiger partial charge in [0, 0.05) is 20.4 Å². The van der Waals surface area contributed by atoms with Crippen molar-refractivity contribution in [3.63, 3.8) is 0 Å². The summed E-state index contributed by atoms with van der Waals surface area (Å²) in [6.45, 7) is 5.38. The van der Waals surface area contributed by atoms with E-state index in [2.05, 4.69) is 20.1 Å². The monoisotopic (exact) mass is 340 g/mol. The van der Waals surface area contributed by atoms with Gasteiger partial charge in [0.05, 0.1) is 14.2 Å². The van der Waals surface area contributed by atoms with E-state index in [0.29, 0.717) is 6.42 Å². The topological polar surface area (TPSA) is 93.7 Å². The molecule has 0 heterocycles. The molecule has 1 aromatic rings. The van der Waals surface area contributed by atoms with Crippen molar-refractivity contribution in [2.75, 3.05) is 21.3 Å². The number of ether oxygens (including phenoxy) is 2. The number of esters is 1. The number of benzene rings is 1. The van der Waals surface area contributed by atoms with Crippen LogP contribution in [0, 0.1) is 0 Å². The molecule has 0 fully saturated rings. The second-order valence-corrected chi connectivity index (χ2v) is 4.21. The molecule has 0 spiro atoms. The van der Waals surface area contributed by atoms with Crippen LogP contribution in [0.4, 0.5) is 4.79 Å². The lowest BCUT2D eigenvalue weighted by Crippen LogP contribution is -2.41. The van der Waals surface area contributed by atoms with Crippen molar-refractivity contribution in [3.05, 3.63) is 35.9 Å². The summed E-state index contributed by atoms with van der Waals surface area (Å²) >= 11 is 0. The summed E-state index contributed by atoms with van der Waals surface area (Å²) in [6.07, 6.45) is 0.0302. The maximum atomic E-state index is 11.4. The minimum Gasteiger partial charge on any atom is -0.467 e. The minimum atomic E-state index is -0.620. The van der Waals surface area contributed by atoms with E-state index in [0.717, 1.165) is 5.56 Å². The summed E-state index contributed by atoms with van der Waals surface area (Å²) in [4.78, 5) is 32.2. The molecule has 136 valence electrons. The fourth-order valence-corrected chi connectivity index (χ4v) is 1.53. The third-order valence-corrected chi connectivity index (χ3v) is 2.54. The number of nitrogens with one attached hydrogen (secondary N) is 2. The molecule has 1 unspecified atom stereocenters. The maximum absolute atomic E-state index is 11.4. The first-order valence-corrected chi connectivity index (χ1v) is 7.59. The molecule has 0 saturated carbocycles. The van der Waals surface area contributed by atoms with Crippen molar-refractivity contribution in [2.45, 2.75) is 33.2 Å². The molecule has 1 aromatic carbocycles. The van der Waals surface area contributed by atoms with Crippen molar-refractivity contribution in [2.24, 2.45) is 0 Å². The number of hydrogen-bond donors (Lipinski definition) is 2. The van der Waals surface area contributed by atoms with Crippen LogP contribution in [0.25, 0.3) is 0 Å². The van der Waals surface area contributed by atoms with Gasteiger partial charge in [0.2, 0.25) is 5.91 Å². The fraction of sp³-hybridized carbons (Fsp3) is 0.471. The molecule has 2 N–H and O–H groups in total. The van der Waals surface area contributed by atoms with Crippen molar-refractivity contribution < 1.29 is 23.9 Å². The minimum absolute atomic E-state index is 0.244. The smallest absolute Gasteiger partial charge is 0.406 e. The number of carbonyl (C=O) groups is 3. The molecule has 7 heteroatoms. The molecule has 0 saturated heterocycles. The summed E-state index contributed by atoms with van der Waals surface area (Å²) in [7, 11) is 4.13. The van der Waals surface area contributed by atoms with E-state index < -0.39 is 18.1 Å². The van der Waals surface area contributed by atoms with E-state index in [9.17, 15) is 14.4 Å². The van der Waals surface area contributed by atoms with Crippen LogP contribution in [-0.2, 0) is 25.5 Å². The Hall–Kier alpha value is -2.57. The van der Waals surface area contributed by atoms with Crippen LogP contribution >= 0.6 is 0 Å². The number of carbonyl (C=O) groups excluding carboxylic acids is 3. The average Bonchev–Trinajstić information content (AvgIpc) is 2.62. The van der Waals surface area contributed by atoms with Crippen molar-refractivity contribution in [1.29, 1.82) is 0 Å². The van der Waals surface area contributed by atoms with Gasteiger partial charge in [-0.25, -0.2) is 9.59 Å². The van der Waals surface area contributed by atoms with Crippen LogP contribution in [0.1, 0.15) is 26.3 Å². The van der Waals surface area contributed by atoms with E-state index >= 15 is 0 Å². The highest BCUT2D eigenvalue weighted by molar-refractivity contribution is 5.83. The second kappa shape index (κ2) is 15.3. The van der Waals surface area contributed by atoms with Crippen LogP contribution in [-0.4, -0.2) is 45.3 Å². The zero-order valence-corrected chi connectivity index (χ0v) is 15.2. The normalized spacial score (nSPS) is 9.75. The largest absolute Gasteiger partial charge is 0.467 e. The van der Waals surface area contributed by atoms with Gasteiger partial charge in [-0.15, -0.1) is 0 Å². The van der Waals surface area contributed by atoms with E-state index in [1.54, 1.807) is 0 Å². The molecule has 0 aliphatic rings. The van der Waals surface area contributed by atoms with Gasteiger partial charge in [0.1, 0.15) is 6.04 Å². The number of amides is 2. The molecular weight excluding hydrogens is 312 g/mol. The molecule has 7 nitrogen and oxygen atoms in total. The first kappa shape index (κ1) is 23.7. The third kappa shape index (κ3) is 12.0. The van der Waals surface area contributed by atoms with Crippen LogP contribution in [0.15, 0.2) is 30.3 Å². The van der Waals surface area contributed by atoms with Crippen molar-refractivity contribution in [3.8, 4) is 0 Å². The number of methoxy groups -OCH3 is 2. The lowest BCUT2D eigenvalue weighted by Gasteiger charge is -2.15. The predicted molar refractivity (Wildman–Crippen MR) is 92.6 cm³/mol. The highest BCUT2D eigenvalue weighted by atomic mass is 16.5. The number of hydrogen-bond acceptors (Lipinski definition) is 5. The van der Waals surface area contributed by atoms with Crippen LogP contribution in [0.3, 0.4) is 0 Å². The molecule has 0 aromatic heterocycles. The Morgan fingerprint density at radius 3 is 1.92 bits per heavy atom. The molecule has 1 rings (SSSR count). The fourth-order valence-electron chi connectivity index (χ4n) is 1.53. The number of alkyl carbamates (subject to hydrolysis) is 1. The van der Waals surface area contributed by atoms with Gasteiger partial charge in [-0.05, 0) is 5.56 Å². The van der Waals surface area contributed by atoms with Gasteiger partial charge in [-0.1, -0.05) is 44.2 Å². The summed E-state index contributed by atoms with van der Waals surface area (Å²) in [5.74, 6) is -0.676. The van der Waals surface area contributed by atoms with Crippen LogP contribution < -0.4 is 10.6 Å². The van der Waals surface area contributed by atoms with Gasteiger partial charge in [-0.3, -0.25) is 4.79 Å². The zero-order chi connectivity index (χ0) is 19.0. The predicted octanol–water partition coefficient (Wildman–Crippen LogP) is 1.91. The summed E-state index contributed by atoms with van der Waals surface area (Å²) in [5.41, 5.74) is 0.978. The van der Waals surface area contributed by atoms with E-state index in [4.69, 9.17) is 0 Å². The van der Waals surface area contributed by atoms with Gasteiger partial charge >= 0.3 is 12.1 Å².